The Morgan fingerprint density at radius 2 is 1.63 bits per heavy atom. The molecule has 0 aliphatic carbocycles. The number of thioether (sulfide) groups is 1. The molecule has 2 rings (SSSR count). The van der Waals surface area contributed by atoms with E-state index in [1.165, 1.54) is 17.3 Å². The average molecular weight is 385 g/mol. The maximum Gasteiger partial charge on any atom is 0.237 e. The van der Waals surface area contributed by atoms with Gasteiger partial charge in [0.2, 0.25) is 11.8 Å². The van der Waals surface area contributed by atoms with Crippen LogP contribution in [-0.4, -0.2) is 17.1 Å². The zero-order chi connectivity index (χ0) is 19.8. The summed E-state index contributed by atoms with van der Waals surface area (Å²) < 4.78 is 0. The summed E-state index contributed by atoms with van der Waals surface area (Å²) in [6.07, 6.45) is 2.45. The Kier molecular flexibility index (Phi) is 7.92. The summed E-state index contributed by atoms with van der Waals surface area (Å²) in [5, 5.41) is 5.64. The van der Waals surface area contributed by atoms with Crippen LogP contribution in [0.2, 0.25) is 0 Å². The summed E-state index contributed by atoms with van der Waals surface area (Å²) in [5.74, 6) is 0.0126. The van der Waals surface area contributed by atoms with Gasteiger partial charge in [0.05, 0.1) is 5.25 Å². The van der Waals surface area contributed by atoms with Gasteiger partial charge in [-0.15, -0.1) is 11.8 Å². The first kappa shape index (κ1) is 21.0. The summed E-state index contributed by atoms with van der Waals surface area (Å²) in [6.45, 7) is 8.04. The summed E-state index contributed by atoms with van der Waals surface area (Å²) in [6, 6.07) is 13.5. The van der Waals surface area contributed by atoms with Gasteiger partial charge in [0, 0.05) is 22.7 Å². The molecule has 0 bridgehead atoms. The van der Waals surface area contributed by atoms with E-state index in [0.717, 1.165) is 34.7 Å². The van der Waals surface area contributed by atoms with Crippen molar-refractivity contribution in [2.45, 2.75) is 57.1 Å². The molecule has 0 radical (unpaired) electrons. The average Bonchev–Trinajstić information content (AvgIpc) is 2.64. The van der Waals surface area contributed by atoms with Crippen LogP contribution in [0.3, 0.4) is 0 Å². The molecule has 0 heterocycles. The van der Waals surface area contributed by atoms with Gasteiger partial charge in [-0.25, -0.2) is 0 Å². The molecule has 2 aromatic rings. The molecular formula is C22H28N2O2S. The lowest BCUT2D eigenvalue weighted by molar-refractivity contribution is -0.116. The van der Waals surface area contributed by atoms with E-state index in [1.807, 2.05) is 56.3 Å². The fraction of sp³-hybridized carbons (Fsp3) is 0.364. The van der Waals surface area contributed by atoms with Crippen LogP contribution in [0.15, 0.2) is 47.4 Å². The monoisotopic (exact) mass is 384 g/mol. The van der Waals surface area contributed by atoms with E-state index in [4.69, 9.17) is 0 Å². The first-order valence-electron chi connectivity index (χ1n) is 9.33. The van der Waals surface area contributed by atoms with Gasteiger partial charge < -0.3 is 10.6 Å². The van der Waals surface area contributed by atoms with E-state index in [1.54, 1.807) is 0 Å². The maximum absolute atomic E-state index is 12.4. The third-order valence-electron chi connectivity index (χ3n) is 4.35. The summed E-state index contributed by atoms with van der Waals surface area (Å²) in [4.78, 5) is 25.2. The largest absolute Gasteiger partial charge is 0.326 e. The van der Waals surface area contributed by atoms with Gasteiger partial charge in [0.25, 0.3) is 0 Å². The van der Waals surface area contributed by atoms with E-state index in [9.17, 15) is 9.59 Å². The molecule has 1 unspecified atom stereocenters. The second-order valence-electron chi connectivity index (χ2n) is 6.72. The molecule has 27 heavy (non-hydrogen) atoms. The molecular weight excluding hydrogens is 356 g/mol. The Morgan fingerprint density at radius 1 is 0.963 bits per heavy atom. The lowest BCUT2D eigenvalue weighted by Crippen LogP contribution is -2.22. The zero-order valence-electron chi connectivity index (χ0n) is 16.5. The van der Waals surface area contributed by atoms with Crippen molar-refractivity contribution < 1.29 is 9.59 Å². The molecule has 144 valence electrons. The number of carbonyl (C=O) groups is 2. The number of hydrogen-bond donors (Lipinski definition) is 2. The highest BCUT2D eigenvalue weighted by atomic mass is 32.2. The van der Waals surface area contributed by atoms with Crippen molar-refractivity contribution in [1.29, 1.82) is 0 Å². The number of nitrogens with one attached hydrogen (secondary N) is 2. The van der Waals surface area contributed by atoms with Gasteiger partial charge in [0.15, 0.2) is 0 Å². The Hall–Kier alpha value is -2.27. The van der Waals surface area contributed by atoms with Gasteiger partial charge in [-0.3, -0.25) is 9.59 Å². The van der Waals surface area contributed by atoms with Gasteiger partial charge in [-0.1, -0.05) is 19.4 Å². The summed E-state index contributed by atoms with van der Waals surface area (Å²) in [7, 11) is 0. The molecule has 0 saturated heterocycles. The highest BCUT2D eigenvalue weighted by molar-refractivity contribution is 8.00. The predicted molar refractivity (Wildman–Crippen MR) is 114 cm³/mol. The fourth-order valence-corrected chi connectivity index (χ4v) is 3.37. The molecule has 4 nitrogen and oxygen atoms in total. The van der Waals surface area contributed by atoms with E-state index in [-0.39, 0.29) is 17.1 Å². The topological polar surface area (TPSA) is 58.2 Å². The number of aryl methyl sites for hydroxylation is 2. The Labute approximate surface area is 166 Å². The number of hydrogen-bond acceptors (Lipinski definition) is 3. The van der Waals surface area contributed by atoms with Crippen molar-refractivity contribution in [2.24, 2.45) is 0 Å². The maximum atomic E-state index is 12.4. The number of rotatable bonds is 8. The Bertz CT molecular complexity index is 787. The van der Waals surface area contributed by atoms with Crippen molar-refractivity contribution >= 4 is 35.0 Å². The minimum atomic E-state index is -0.225. The van der Waals surface area contributed by atoms with Crippen molar-refractivity contribution in [3.63, 3.8) is 0 Å². The van der Waals surface area contributed by atoms with Crippen LogP contribution in [0.4, 0.5) is 11.4 Å². The Morgan fingerprint density at radius 3 is 2.26 bits per heavy atom. The van der Waals surface area contributed by atoms with E-state index >= 15 is 0 Å². The fourth-order valence-electron chi connectivity index (χ4n) is 2.50. The molecule has 2 aromatic carbocycles. The summed E-state index contributed by atoms with van der Waals surface area (Å²) >= 11 is 1.49. The molecule has 5 heteroatoms. The molecule has 0 aliphatic rings. The van der Waals surface area contributed by atoms with E-state index < -0.39 is 0 Å². The van der Waals surface area contributed by atoms with Crippen LogP contribution in [0, 0.1) is 13.8 Å². The molecule has 2 amide bonds. The normalized spacial score (nSPS) is 11.7. The predicted octanol–water partition coefficient (Wildman–Crippen LogP) is 5.55. The van der Waals surface area contributed by atoms with Gasteiger partial charge >= 0.3 is 0 Å². The third kappa shape index (κ3) is 6.75. The van der Waals surface area contributed by atoms with E-state index in [0.29, 0.717) is 6.42 Å². The number of anilines is 2. The molecule has 0 aromatic heterocycles. The van der Waals surface area contributed by atoms with Crippen LogP contribution in [0.5, 0.6) is 0 Å². The molecule has 0 saturated carbocycles. The number of benzene rings is 2. The molecule has 0 aliphatic heterocycles. The lowest BCUT2D eigenvalue weighted by atomic mass is 10.1. The summed E-state index contributed by atoms with van der Waals surface area (Å²) in [5.41, 5.74) is 3.97. The van der Waals surface area contributed by atoms with Crippen LogP contribution < -0.4 is 10.6 Å². The minimum absolute atomic E-state index is 0.0276. The SMILES string of the molecule is CCCCC(=O)Nc1ccc(SC(C)C(=O)Nc2ccc(C)c(C)c2)cc1. The first-order valence-corrected chi connectivity index (χ1v) is 10.2. The minimum Gasteiger partial charge on any atom is -0.326 e. The standard InChI is InChI=1S/C22H28N2O2S/c1-5-6-7-21(25)23-18-10-12-20(13-11-18)27-17(4)22(26)24-19-9-8-15(2)16(3)14-19/h8-14,17H,5-7H2,1-4H3,(H,23,25)(H,24,26). The number of amides is 2. The molecule has 0 fully saturated rings. The van der Waals surface area contributed by atoms with Crippen molar-refractivity contribution in [2.75, 3.05) is 10.6 Å². The zero-order valence-corrected chi connectivity index (χ0v) is 17.3. The molecule has 1 atom stereocenters. The Balaban J connectivity index is 1.88. The quantitative estimate of drug-likeness (QED) is 0.587. The van der Waals surface area contributed by atoms with Crippen molar-refractivity contribution in [3.8, 4) is 0 Å². The van der Waals surface area contributed by atoms with Crippen LogP contribution in [0.1, 0.15) is 44.2 Å². The smallest absolute Gasteiger partial charge is 0.237 e. The first-order chi connectivity index (χ1) is 12.9. The lowest BCUT2D eigenvalue weighted by Gasteiger charge is -2.13. The van der Waals surface area contributed by atoms with Gasteiger partial charge in [-0.05, 0) is 74.7 Å². The van der Waals surface area contributed by atoms with Crippen molar-refractivity contribution in [3.05, 3.63) is 53.6 Å². The van der Waals surface area contributed by atoms with Crippen LogP contribution >= 0.6 is 11.8 Å². The van der Waals surface area contributed by atoms with Gasteiger partial charge in [0.1, 0.15) is 0 Å². The van der Waals surface area contributed by atoms with Crippen LogP contribution in [0.25, 0.3) is 0 Å². The second kappa shape index (κ2) is 10.2. The highest BCUT2D eigenvalue weighted by Crippen LogP contribution is 2.26. The second-order valence-corrected chi connectivity index (χ2v) is 8.14. The van der Waals surface area contributed by atoms with E-state index in [2.05, 4.69) is 24.5 Å². The third-order valence-corrected chi connectivity index (χ3v) is 5.46. The number of unbranched alkanes of at least 4 members (excludes halogenated alkanes) is 1. The molecule has 2 N–H and O–H groups in total. The number of carbonyl (C=O) groups excluding carboxylic acids is 2. The van der Waals surface area contributed by atoms with Crippen molar-refractivity contribution in [1.82, 2.24) is 0 Å². The van der Waals surface area contributed by atoms with Crippen LogP contribution in [-0.2, 0) is 9.59 Å². The highest BCUT2D eigenvalue weighted by Gasteiger charge is 2.15. The molecule has 0 spiro atoms. The van der Waals surface area contributed by atoms with Gasteiger partial charge in [-0.2, -0.15) is 0 Å².